The van der Waals surface area contributed by atoms with Gasteiger partial charge in [0.05, 0.1) is 5.92 Å². The first-order valence-electron chi connectivity index (χ1n) is 6.26. The topological polar surface area (TPSA) is 29.5 Å². The van der Waals surface area contributed by atoms with Crippen LogP contribution in [0.1, 0.15) is 18.9 Å². The molecule has 1 aliphatic rings. The molecule has 0 bridgehead atoms. The summed E-state index contributed by atoms with van der Waals surface area (Å²) in [5, 5.41) is 0. The Morgan fingerprint density at radius 2 is 2.11 bits per heavy atom. The molecule has 0 N–H and O–H groups in total. The maximum atomic E-state index is 11.7. The molecular weight excluding hydrogens is 285 g/mol. The monoisotopic (exact) mass is 303 g/mol. The van der Waals surface area contributed by atoms with E-state index in [4.69, 9.17) is 16.3 Å². The maximum Gasteiger partial charge on any atom is 0.313 e. The van der Waals surface area contributed by atoms with E-state index in [-0.39, 0.29) is 36.4 Å². The Hall–Kier alpha value is -0.770. The van der Waals surface area contributed by atoms with E-state index in [1.807, 2.05) is 18.2 Å². The number of hydrogen-bond acceptors (Lipinski definition) is 3. The van der Waals surface area contributed by atoms with Gasteiger partial charge in [-0.25, -0.2) is 0 Å². The molecule has 0 aromatic heterocycles. The van der Waals surface area contributed by atoms with Crippen LogP contribution in [0.25, 0.3) is 0 Å². The van der Waals surface area contributed by atoms with Gasteiger partial charge in [0.1, 0.15) is 0 Å². The smallest absolute Gasteiger partial charge is 0.313 e. The average molecular weight is 304 g/mol. The van der Waals surface area contributed by atoms with Gasteiger partial charge >= 0.3 is 5.97 Å². The van der Waals surface area contributed by atoms with Crippen LogP contribution in [-0.4, -0.2) is 29.5 Å². The molecule has 3 nitrogen and oxygen atoms in total. The molecular formula is C14H19Cl2NO2. The lowest BCUT2D eigenvalue weighted by Crippen LogP contribution is -2.58. The van der Waals surface area contributed by atoms with Crippen LogP contribution in [0.15, 0.2) is 30.3 Å². The van der Waals surface area contributed by atoms with Crippen molar-refractivity contribution in [1.82, 2.24) is 4.90 Å². The summed E-state index contributed by atoms with van der Waals surface area (Å²) in [7, 11) is 0. The highest BCUT2D eigenvalue weighted by Crippen LogP contribution is 2.30. The third-order valence-electron chi connectivity index (χ3n) is 3.51. The summed E-state index contributed by atoms with van der Waals surface area (Å²) in [6, 6.07) is 10.5. The number of halogens is 2. The third kappa shape index (κ3) is 3.85. The van der Waals surface area contributed by atoms with Crippen molar-refractivity contribution in [1.29, 1.82) is 0 Å². The van der Waals surface area contributed by atoms with Gasteiger partial charge in [0, 0.05) is 19.1 Å². The molecule has 5 heteroatoms. The zero-order valence-corrected chi connectivity index (χ0v) is 12.5. The number of benzene rings is 1. The number of carbonyl (C=O) groups is 1. The Kier molecular flexibility index (Phi) is 6.63. The summed E-state index contributed by atoms with van der Waals surface area (Å²) >= 11 is 5.42. The zero-order valence-electron chi connectivity index (χ0n) is 10.9. The Labute approximate surface area is 125 Å². The van der Waals surface area contributed by atoms with Gasteiger partial charge in [0.2, 0.25) is 0 Å². The molecule has 0 saturated carbocycles. The van der Waals surface area contributed by atoms with Crippen molar-refractivity contribution in [2.24, 2.45) is 5.92 Å². The molecule has 1 aliphatic heterocycles. The van der Waals surface area contributed by atoms with Crippen LogP contribution in [0.3, 0.4) is 0 Å². The van der Waals surface area contributed by atoms with Crippen molar-refractivity contribution >= 4 is 30.0 Å². The van der Waals surface area contributed by atoms with Gasteiger partial charge in [-0.1, -0.05) is 48.9 Å². The molecule has 0 amide bonds. The summed E-state index contributed by atoms with van der Waals surface area (Å²) < 4.78 is 4.88. The summed E-state index contributed by atoms with van der Waals surface area (Å²) in [5.74, 6) is -0.182. The van der Waals surface area contributed by atoms with Gasteiger partial charge < -0.3 is 4.74 Å². The fraction of sp³-hybridized carbons (Fsp3) is 0.500. The number of carbonyl (C=O) groups excluding carboxylic acids is 1. The maximum absolute atomic E-state index is 11.7. The van der Waals surface area contributed by atoms with Gasteiger partial charge in [0.15, 0.2) is 6.07 Å². The minimum absolute atomic E-state index is 0. The minimum Gasteiger partial charge on any atom is -0.449 e. The molecule has 1 heterocycles. The van der Waals surface area contributed by atoms with Crippen molar-refractivity contribution in [3.8, 4) is 0 Å². The van der Waals surface area contributed by atoms with Crippen molar-refractivity contribution < 1.29 is 9.53 Å². The number of likely N-dealkylation sites (tertiary alicyclic amines) is 1. The molecule has 19 heavy (non-hydrogen) atoms. The molecule has 1 saturated heterocycles. The number of nitrogens with zero attached hydrogens (tertiary/aromatic N) is 1. The molecule has 1 aromatic rings. The van der Waals surface area contributed by atoms with Crippen molar-refractivity contribution in [3.63, 3.8) is 0 Å². The Morgan fingerprint density at radius 3 is 2.68 bits per heavy atom. The second-order valence-electron chi connectivity index (χ2n) is 4.57. The van der Waals surface area contributed by atoms with Crippen LogP contribution in [-0.2, 0) is 16.1 Å². The van der Waals surface area contributed by atoms with Gasteiger partial charge in [0.25, 0.3) is 0 Å². The first kappa shape index (κ1) is 16.3. The van der Waals surface area contributed by atoms with E-state index in [2.05, 4.69) is 24.0 Å². The lowest BCUT2D eigenvalue weighted by Gasteiger charge is -2.46. The summed E-state index contributed by atoms with van der Waals surface area (Å²) in [6.45, 7) is 3.76. The Morgan fingerprint density at radius 1 is 1.42 bits per heavy atom. The predicted octanol–water partition coefficient (Wildman–Crippen LogP) is 3.06. The molecule has 2 atom stereocenters. The fourth-order valence-electron chi connectivity index (χ4n) is 2.56. The highest BCUT2D eigenvalue weighted by molar-refractivity contribution is 6.17. The van der Waals surface area contributed by atoms with E-state index in [1.165, 1.54) is 5.56 Å². The van der Waals surface area contributed by atoms with Crippen LogP contribution in [0, 0.1) is 5.92 Å². The van der Waals surface area contributed by atoms with Crippen LogP contribution in [0.2, 0.25) is 0 Å². The van der Waals surface area contributed by atoms with E-state index in [9.17, 15) is 4.79 Å². The average Bonchev–Trinajstić information content (AvgIpc) is 2.36. The standard InChI is InChI=1S/C14H18ClNO2.ClH/c1-2-13-12(14(17)18-10-15)9-16(13)8-11-6-4-3-5-7-11;/h3-7,12-13H,2,8-10H2,1H3;1H. The molecule has 0 aliphatic carbocycles. The van der Waals surface area contributed by atoms with Crippen LogP contribution in [0.5, 0.6) is 0 Å². The Bertz CT molecular complexity index is 400. The first-order chi connectivity index (χ1) is 8.76. The zero-order chi connectivity index (χ0) is 13.0. The second-order valence-corrected chi connectivity index (χ2v) is 4.79. The summed E-state index contributed by atoms with van der Waals surface area (Å²) in [5.41, 5.74) is 1.28. The van der Waals surface area contributed by atoms with Crippen molar-refractivity contribution in [2.75, 3.05) is 12.6 Å². The Balaban J connectivity index is 0.00000180. The molecule has 106 valence electrons. The highest BCUT2D eigenvalue weighted by atomic mass is 35.5. The predicted molar refractivity (Wildman–Crippen MR) is 78.5 cm³/mol. The van der Waals surface area contributed by atoms with Crippen LogP contribution < -0.4 is 0 Å². The first-order valence-corrected chi connectivity index (χ1v) is 6.80. The third-order valence-corrected chi connectivity index (χ3v) is 3.62. The number of rotatable bonds is 5. The van der Waals surface area contributed by atoms with Crippen LogP contribution in [0.4, 0.5) is 0 Å². The second kappa shape index (κ2) is 7.73. The molecule has 2 unspecified atom stereocenters. The van der Waals surface area contributed by atoms with Gasteiger partial charge in [-0.2, -0.15) is 0 Å². The number of esters is 1. The van der Waals surface area contributed by atoms with Gasteiger partial charge in [-0.05, 0) is 12.0 Å². The molecule has 1 fully saturated rings. The molecule has 0 spiro atoms. The van der Waals surface area contributed by atoms with Crippen LogP contribution >= 0.6 is 24.0 Å². The largest absolute Gasteiger partial charge is 0.449 e. The lowest BCUT2D eigenvalue weighted by molar-refractivity contribution is -0.158. The number of ether oxygens (including phenoxy) is 1. The summed E-state index contributed by atoms with van der Waals surface area (Å²) in [4.78, 5) is 14.0. The van der Waals surface area contributed by atoms with Gasteiger partial charge in [-0.15, -0.1) is 12.4 Å². The molecule has 1 aromatic carbocycles. The van der Waals surface area contributed by atoms with E-state index in [0.717, 1.165) is 19.5 Å². The highest BCUT2D eigenvalue weighted by Gasteiger charge is 2.42. The fourth-order valence-corrected chi connectivity index (χ4v) is 2.67. The van der Waals surface area contributed by atoms with Gasteiger partial charge in [-0.3, -0.25) is 9.69 Å². The summed E-state index contributed by atoms with van der Waals surface area (Å²) in [6.07, 6.45) is 0.953. The lowest BCUT2D eigenvalue weighted by atomic mass is 9.86. The van der Waals surface area contributed by atoms with E-state index in [1.54, 1.807) is 0 Å². The number of hydrogen-bond donors (Lipinski definition) is 0. The normalized spacial score (nSPS) is 22.2. The van der Waals surface area contributed by atoms with E-state index >= 15 is 0 Å². The van der Waals surface area contributed by atoms with Crippen molar-refractivity contribution in [3.05, 3.63) is 35.9 Å². The van der Waals surface area contributed by atoms with E-state index in [0.29, 0.717) is 0 Å². The molecule has 0 radical (unpaired) electrons. The van der Waals surface area contributed by atoms with E-state index < -0.39 is 0 Å². The van der Waals surface area contributed by atoms with Crippen molar-refractivity contribution in [2.45, 2.75) is 25.9 Å². The molecule has 2 rings (SSSR count). The SMILES string of the molecule is CCC1C(C(=O)OCCl)CN1Cc1ccccc1.Cl. The number of alkyl halides is 1. The minimum atomic E-state index is -0.166. The quantitative estimate of drug-likeness (QED) is 0.618.